The maximum Gasteiger partial charge on any atom is 0.348 e. The van der Waals surface area contributed by atoms with E-state index in [0.717, 1.165) is 22.5 Å². The molecule has 10 nitrogen and oxygen atoms in total. The number of amides is 1. The van der Waals surface area contributed by atoms with Gasteiger partial charge in [-0.25, -0.2) is 24.4 Å². The monoisotopic (exact) mass is 623 g/mol. The van der Waals surface area contributed by atoms with Gasteiger partial charge in [0.15, 0.2) is 6.10 Å². The number of hydrogen-bond acceptors (Lipinski definition) is 10. The molecule has 45 heavy (non-hydrogen) atoms. The summed E-state index contributed by atoms with van der Waals surface area (Å²) < 4.78 is 15.4. The molecule has 2 heterocycles. The van der Waals surface area contributed by atoms with Gasteiger partial charge in [-0.3, -0.25) is 4.79 Å². The molecular formula is C34H29N3O7S. The molecule has 0 aliphatic rings. The number of carbonyl (C=O) groups is 4. The van der Waals surface area contributed by atoms with E-state index in [9.17, 15) is 19.2 Å². The molecule has 11 heteroatoms. The van der Waals surface area contributed by atoms with Crippen molar-refractivity contribution in [3.8, 4) is 22.5 Å². The number of esters is 3. The summed E-state index contributed by atoms with van der Waals surface area (Å²) in [6, 6.07) is 24.2. The second-order valence-corrected chi connectivity index (χ2v) is 10.9. The summed E-state index contributed by atoms with van der Waals surface area (Å²) in [5.41, 5.74) is 4.70. The molecule has 0 saturated heterocycles. The number of ether oxygens (including phenoxy) is 3. The molecule has 1 unspecified atom stereocenters. The van der Waals surface area contributed by atoms with Crippen LogP contribution in [0.1, 0.15) is 49.8 Å². The van der Waals surface area contributed by atoms with Crippen molar-refractivity contribution in [3.63, 3.8) is 0 Å². The third kappa shape index (κ3) is 6.58. The Bertz CT molecular complexity index is 1910. The first-order valence-corrected chi connectivity index (χ1v) is 14.9. The lowest BCUT2D eigenvalue weighted by Gasteiger charge is -2.14. The Morgan fingerprint density at radius 2 is 1.42 bits per heavy atom. The first kappa shape index (κ1) is 31.0. The van der Waals surface area contributed by atoms with Gasteiger partial charge in [0.05, 0.1) is 47.3 Å². The standard InChI is InChI=1S/C34H29N3O7S/c1-5-43-34(41)29-19(2)26(33(40)42-4)31(45-29)37-30(38)20(3)44-32(39)23-16-17-24-25(18-23)36-28(22-14-10-7-11-15-22)27(35-24)21-12-8-6-9-13-21/h6-18,20H,5H2,1-4H3,(H,37,38). The lowest BCUT2D eigenvalue weighted by molar-refractivity contribution is -0.123. The highest BCUT2D eigenvalue weighted by molar-refractivity contribution is 7.18. The zero-order valence-corrected chi connectivity index (χ0v) is 25.8. The van der Waals surface area contributed by atoms with E-state index in [-0.39, 0.29) is 27.6 Å². The molecule has 0 saturated carbocycles. The first-order valence-electron chi connectivity index (χ1n) is 14.0. The van der Waals surface area contributed by atoms with Crippen LogP contribution in [-0.2, 0) is 19.0 Å². The summed E-state index contributed by atoms with van der Waals surface area (Å²) in [6.07, 6.45) is -1.25. The highest BCUT2D eigenvalue weighted by atomic mass is 32.1. The van der Waals surface area contributed by atoms with Crippen molar-refractivity contribution in [2.75, 3.05) is 19.0 Å². The maximum absolute atomic E-state index is 13.2. The smallest absolute Gasteiger partial charge is 0.348 e. The summed E-state index contributed by atoms with van der Waals surface area (Å²) in [5, 5.41) is 2.67. The number of nitrogens with zero attached hydrogens (tertiary/aromatic N) is 2. The Morgan fingerprint density at radius 3 is 2.00 bits per heavy atom. The van der Waals surface area contributed by atoms with Gasteiger partial charge in [0.2, 0.25) is 0 Å². The lowest BCUT2D eigenvalue weighted by Crippen LogP contribution is -2.30. The molecule has 0 aliphatic carbocycles. The fraction of sp³-hybridized carbons (Fsp3) is 0.176. The number of carbonyl (C=O) groups excluding carboxylic acids is 4. The summed E-state index contributed by atoms with van der Waals surface area (Å²) in [7, 11) is 1.19. The Kier molecular flexibility index (Phi) is 9.29. The zero-order valence-electron chi connectivity index (χ0n) is 25.0. The van der Waals surface area contributed by atoms with Crippen LogP contribution >= 0.6 is 11.3 Å². The second kappa shape index (κ2) is 13.5. The van der Waals surface area contributed by atoms with Gasteiger partial charge >= 0.3 is 17.9 Å². The fourth-order valence-electron chi connectivity index (χ4n) is 4.61. The van der Waals surface area contributed by atoms with Crippen LogP contribution in [-0.4, -0.2) is 53.6 Å². The number of benzene rings is 3. The predicted octanol–water partition coefficient (Wildman–Crippen LogP) is 6.48. The molecule has 0 aliphatic heterocycles. The highest BCUT2D eigenvalue weighted by Crippen LogP contribution is 2.35. The SMILES string of the molecule is CCOC(=O)c1sc(NC(=O)C(C)OC(=O)c2ccc3nc(-c4ccccc4)c(-c4ccccc4)nc3c2)c(C(=O)OC)c1C. The Balaban J connectivity index is 1.39. The molecule has 228 valence electrons. The largest absolute Gasteiger partial charge is 0.465 e. The minimum Gasteiger partial charge on any atom is -0.465 e. The minimum atomic E-state index is -1.25. The normalized spacial score (nSPS) is 11.5. The van der Waals surface area contributed by atoms with Crippen molar-refractivity contribution in [3.05, 3.63) is 100 Å². The average molecular weight is 624 g/mol. The van der Waals surface area contributed by atoms with Gasteiger partial charge in [0, 0.05) is 11.1 Å². The Hall–Kier alpha value is -5.42. The molecule has 5 aromatic rings. The van der Waals surface area contributed by atoms with Crippen LogP contribution in [0, 0.1) is 6.92 Å². The lowest BCUT2D eigenvalue weighted by atomic mass is 10.0. The topological polar surface area (TPSA) is 134 Å². The van der Waals surface area contributed by atoms with Crippen LogP contribution in [0.3, 0.4) is 0 Å². The van der Waals surface area contributed by atoms with Crippen LogP contribution in [0.15, 0.2) is 78.9 Å². The number of fused-ring (bicyclic) bond motifs is 1. The van der Waals surface area contributed by atoms with Gasteiger partial charge in [0.25, 0.3) is 5.91 Å². The van der Waals surface area contributed by atoms with E-state index in [0.29, 0.717) is 28.0 Å². The van der Waals surface area contributed by atoms with Gasteiger partial charge < -0.3 is 19.5 Å². The third-order valence-corrected chi connectivity index (χ3v) is 8.07. The van der Waals surface area contributed by atoms with E-state index >= 15 is 0 Å². The number of anilines is 1. The summed E-state index contributed by atoms with van der Waals surface area (Å²) in [5.74, 6) is -2.82. The van der Waals surface area contributed by atoms with Crippen LogP contribution in [0.25, 0.3) is 33.5 Å². The quantitative estimate of drug-likeness (QED) is 0.145. The van der Waals surface area contributed by atoms with Gasteiger partial charge in [-0.1, -0.05) is 60.7 Å². The van der Waals surface area contributed by atoms with E-state index < -0.39 is 29.9 Å². The molecule has 1 atom stereocenters. The van der Waals surface area contributed by atoms with Crippen molar-refractivity contribution < 1.29 is 33.4 Å². The van der Waals surface area contributed by atoms with Crippen LogP contribution in [0.4, 0.5) is 5.00 Å². The molecule has 0 fully saturated rings. The molecular weight excluding hydrogens is 594 g/mol. The van der Waals surface area contributed by atoms with Crippen LogP contribution < -0.4 is 5.32 Å². The Labute approximate surface area is 263 Å². The van der Waals surface area contributed by atoms with E-state index in [1.165, 1.54) is 14.0 Å². The average Bonchev–Trinajstić information content (AvgIpc) is 3.39. The van der Waals surface area contributed by atoms with E-state index in [1.807, 2.05) is 60.7 Å². The number of rotatable bonds is 9. The van der Waals surface area contributed by atoms with Gasteiger partial charge in [-0.05, 0) is 44.5 Å². The van der Waals surface area contributed by atoms with Crippen molar-refractivity contribution in [2.45, 2.75) is 26.9 Å². The molecule has 2 aromatic heterocycles. The minimum absolute atomic E-state index is 0.0228. The third-order valence-electron chi connectivity index (χ3n) is 6.88. The van der Waals surface area contributed by atoms with Gasteiger partial charge in [-0.2, -0.15) is 0 Å². The van der Waals surface area contributed by atoms with Crippen molar-refractivity contribution in [1.82, 2.24) is 9.97 Å². The summed E-state index contributed by atoms with van der Waals surface area (Å²) in [6.45, 7) is 4.76. The highest BCUT2D eigenvalue weighted by Gasteiger charge is 2.29. The van der Waals surface area contributed by atoms with Crippen molar-refractivity contribution >= 4 is 51.2 Å². The second-order valence-electron chi connectivity index (χ2n) is 9.87. The van der Waals surface area contributed by atoms with Gasteiger partial charge in [0.1, 0.15) is 9.88 Å². The number of nitrogens with one attached hydrogen (secondary N) is 1. The number of aromatic nitrogens is 2. The molecule has 0 spiro atoms. The predicted molar refractivity (Wildman–Crippen MR) is 170 cm³/mol. The fourth-order valence-corrected chi connectivity index (χ4v) is 5.70. The van der Waals surface area contributed by atoms with Gasteiger partial charge in [-0.15, -0.1) is 11.3 Å². The van der Waals surface area contributed by atoms with Crippen molar-refractivity contribution in [2.24, 2.45) is 0 Å². The zero-order chi connectivity index (χ0) is 32.1. The summed E-state index contributed by atoms with van der Waals surface area (Å²) in [4.78, 5) is 61.0. The maximum atomic E-state index is 13.2. The molecule has 5 rings (SSSR count). The number of methoxy groups -OCH3 is 1. The van der Waals surface area contributed by atoms with Crippen LogP contribution in [0.5, 0.6) is 0 Å². The van der Waals surface area contributed by atoms with E-state index in [2.05, 4.69) is 5.32 Å². The summed E-state index contributed by atoms with van der Waals surface area (Å²) >= 11 is 0.876. The van der Waals surface area contributed by atoms with E-state index in [4.69, 9.17) is 24.2 Å². The van der Waals surface area contributed by atoms with Crippen LogP contribution in [0.2, 0.25) is 0 Å². The molecule has 1 amide bonds. The molecule has 0 radical (unpaired) electrons. The van der Waals surface area contributed by atoms with Crippen molar-refractivity contribution in [1.29, 1.82) is 0 Å². The molecule has 0 bridgehead atoms. The molecule has 1 N–H and O–H groups in total. The molecule has 3 aromatic carbocycles. The Morgan fingerprint density at radius 1 is 0.822 bits per heavy atom. The first-order chi connectivity index (χ1) is 21.7. The van der Waals surface area contributed by atoms with E-state index in [1.54, 1.807) is 32.0 Å². The number of thiophene rings is 1. The number of hydrogen-bond donors (Lipinski definition) is 1.